The first-order valence-corrected chi connectivity index (χ1v) is 6.99. The first-order chi connectivity index (χ1) is 10.7. The van der Waals surface area contributed by atoms with Gasteiger partial charge in [0.1, 0.15) is 18.8 Å². The van der Waals surface area contributed by atoms with Crippen molar-refractivity contribution in [2.24, 2.45) is 0 Å². The molecule has 0 aromatic carbocycles. The fraction of sp³-hybridized carbons (Fsp3) is 0.714. The largest absolute Gasteiger partial charge is 0.463 e. The van der Waals surface area contributed by atoms with Crippen molar-refractivity contribution >= 4 is 23.9 Å². The highest BCUT2D eigenvalue weighted by Gasteiger charge is 2.43. The van der Waals surface area contributed by atoms with E-state index in [9.17, 15) is 19.2 Å². The summed E-state index contributed by atoms with van der Waals surface area (Å²) in [7, 11) is 0. The number of carbonyl (C=O) groups is 4. The molecule has 1 saturated heterocycles. The Labute approximate surface area is 133 Å². The van der Waals surface area contributed by atoms with Crippen LogP contribution in [0, 0.1) is 0 Å². The number of esters is 4. The minimum absolute atomic E-state index is 0.0447. The topological polar surface area (TPSA) is 114 Å². The van der Waals surface area contributed by atoms with E-state index in [0.29, 0.717) is 0 Å². The van der Waals surface area contributed by atoms with Gasteiger partial charge in [0.25, 0.3) is 0 Å². The normalized spacial score (nSPS) is 26.8. The lowest BCUT2D eigenvalue weighted by atomic mass is 10.0. The minimum atomic E-state index is -1.18. The van der Waals surface area contributed by atoms with Crippen molar-refractivity contribution in [3.8, 4) is 0 Å². The van der Waals surface area contributed by atoms with Crippen molar-refractivity contribution < 1.29 is 42.9 Å². The SMILES string of the molecule is CC(=O)OCC1O[C@@H](OC(C)=O)C(OC(C)=O)C[C@H]1OC(C)=O. The Bertz CT molecular complexity index is 473. The van der Waals surface area contributed by atoms with Crippen LogP contribution >= 0.6 is 0 Å². The molecule has 1 aliphatic rings. The van der Waals surface area contributed by atoms with E-state index in [1.165, 1.54) is 27.7 Å². The van der Waals surface area contributed by atoms with Crippen LogP contribution in [0.1, 0.15) is 34.1 Å². The molecule has 1 aliphatic heterocycles. The molecule has 4 atom stereocenters. The number of ether oxygens (including phenoxy) is 5. The summed E-state index contributed by atoms with van der Waals surface area (Å²) in [5.74, 6) is -2.35. The van der Waals surface area contributed by atoms with E-state index in [-0.39, 0.29) is 13.0 Å². The van der Waals surface area contributed by atoms with Gasteiger partial charge in [0.15, 0.2) is 6.10 Å². The molecule has 2 unspecified atom stereocenters. The molecule has 0 aromatic heterocycles. The highest BCUT2D eigenvalue weighted by atomic mass is 16.7. The summed E-state index contributed by atoms with van der Waals surface area (Å²) >= 11 is 0. The van der Waals surface area contributed by atoms with Gasteiger partial charge in [0.2, 0.25) is 6.29 Å². The van der Waals surface area contributed by atoms with Gasteiger partial charge < -0.3 is 23.7 Å². The monoisotopic (exact) mass is 332 g/mol. The van der Waals surface area contributed by atoms with Gasteiger partial charge >= 0.3 is 23.9 Å². The smallest absolute Gasteiger partial charge is 0.305 e. The maximum absolute atomic E-state index is 11.2. The van der Waals surface area contributed by atoms with E-state index in [1.807, 2.05) is 0 Å². The molecule has 0 radical (unpaired) electrons. The second-order valence-electron chi connectivity index (χ2n) is 4.99. The molecule has 1 heterocycles. The molecule has 23 heavy (non-hydrogen) atoms. The highest BCUT2D eigenvalue weighted by molar-refractivity contribution is 5.68. The van der Waals surface area contributed by atoms with Gasteiger partial charge in [-0.1, -0.05) is 0 Å². The van der Waals surface area contributed by atoms with Crippen LogP contribution in [0.4, 0.5) is 0 Å². The van der Waals surface area contributed by atoms with E-state index in [4.69, 9.17) is 23.7 Å². The Morgan fingerprint density at radius 3 is 1.83 bits per heavy atom. The fourth-order valence-corrected chi connectivity index (χ4v) is 2.11. The summed E-state index contributed by atoms with van der Waals surface area (Å²) in [6.45, 7) is 4.60. The van der Waals surface area contributed by atoms with Crippen LogP contribution in [-0.4, -0.2) is 55.1 Å². The van der Waals surface area contributed by atoms with E-state index in [2.05, 4.69) is 0 Å². The molecule has 9 nitrogen and oxygen atoms in total. The summed E-state index contributed by atoms with van der Waals surface area (Å²) in [5.41, 5.74) is 0. The van der Waals surface area contributed by atoms with Crippen molar-refractivity contribution in [3.05, 3.63) is 0 Å². The molecule has 1 rings (SSSR count). The number of rotatable bonds is 5. The van der Waals surface area contributed by atoms with Gasteiger partial charge in [-0.25, -0.2) is 0 Å². The molecule has 130 valence electrons. The van der Waals surface area contributed by atoms with Crippen molar-refractivity contribution in [1.29, 1.82) is 0 Å². The predicted molar refractivity (Wildman–Crippen MR) is 72.8 cm³/mol. The maximum Gasteiger partial charge on any atom is 0.305 e. The molecule has 9 heteroatoms. The lowest BCUT2D eigenvalue weighted by molar-refractivity contribution is -0.270. The highest BCUT2D eigenvalue weighted by Crippen LogP contribution is 2.26. The molecule has 0 N–H and O–H groups in total. The van der Waals surface area contributed by atoms with Crippen LogP contribution in [0.15, 0.2) is 0 Å². The van der Waals surface area contributed by atoms with E-state index < -0.39 is 48.5 Å². The second kappa shape index (κ2) is 8.47. The zero-order valence-electron chi connectivity index (χ0n) is 13.4. The molecular formula is C14H20O9. The van der Waals surface area contributed by atoms with Crippen molar-refractivity contribution in [1.82, 2.24) is 0 Å². The standard InChI is InChI=1S/C14H20O9/c1-7(15)19-6-13-11(20-8(2)16)5-12(21-9(3)17)14(23-13)22-10(4)18/h11-14H,5-6H2,1-4H3/t11-,12?,13?,14-/m1/s1. The lowest BCUT2D eigenvalue weighted by Gasteiger charge is -2.39. The Morgan fingerprint density at radius 2 is 1.35 bits per heavy atom. The van der Waals surface area contributed by atoms with Crippen LogP contribution in [0.3, 0.4) is 0 Å². The quantitative estimate of drug-likeness (QED) is 0.510. The number of carbonyl (C=O) groups excluding carboxylic acids is 4. The molecule has 0 saturated carbocycles. The Balaban J connectivity index is 2.89. The molecule has 0 aromatic rings. The van der Waals surface area contributed by atoms with Crippen LogP contribution in [-0.2, 0) is 42.9 Å². The second-order valence-corrected chi connectivity index (χ2v) is 4.99. The Kier molecular flexibility index (Phi) is 6.95. The summed E-state index contributed by atoms with van der Waals surface area (Å²) in [6.07, 6.45) is -3.73. The van der Waals surface area contributed by atoms with Crippen LogP contribution < -0.4 is 0 Å². The van der Waals surface area contributed by atoms with Gasteiger partial charge in [-0.15, -0.1) is 0 Å². The van der Waals surface area contributed by atoms with Crippen molar-refractivity contribution in [2.75, 3.05) is 6.61 Å². The van der Waals surface area contributed by atoms with Gasteiger partial charge in [0, 0.05) is 34.1 Å². The van der Waals surface area contributed by atoms with Crippen LogP contribution in [0.2, 0.25) is 0 Å². The van der Waals surface area contributed by atoms with Gasteiger partial charge in [-0.05, 0) is 0 Å². The van der Waals surface area contributed by atoms with Gasteiger partial charge in [0.05, 0.1) is 0 Å². The number of hydrogen-bond acceptors (Lipinski definition) is 9. The van der Waals surface area contributed by atoms with Crippen LogP contribution in [0.25, 0.3) is 0 Å². The van der Waals surface area contributed by atoms with Crippen molar-refractivity contribution in [2.45, 2.75) is 58.7 Å². The Morgan fingerprint density at radius 1 is 0.826 bits per heavy atom. The van der Waals surface area contributed by atoms with E-state index in [1.54, 1.807) is 0 Å². The molecule has 0 spiro atoms. The molecule has 0 bridgehead atoms. The lowest BCUT2D eigenvalue weighted by Crippen LogP contribution is -2.53. The van der Waals surface area contributed by atoms with Crippen LogP contribution in [0.5, 0.6) is 0 Å². The average Bonchev–Trinajstić information content (AvgIpc) is 2.38. The zero-order valence-corrected chi connectivity index (χ0v) is 13.4. The summed E-state index contributed by atoms with van der Waals surface area (Å²) in [5, 5.41) is 0. The third-order valence-corrected chi connectivity index (χ3v) is 2.86. The fourth-order valence-electron chi connectivity index (χ4n) is 2.11. The van der Waals surface area contributed by atoms with E-state index >= 15 is 0 Å². The van der Waals surface area contributed by atoms with E-state index in [0.717, 1.165) is 0 Å². The summed E-state index contributed by atoms with van der Waals surface area (Å²) in [6, 6.07) is 0. The molecule has 0 amide bonds. The molecular weight excluding hydrogens is 312 g/mol. The number of hydrogen-bond donors (Lipinski definition) is 0. The molecule has 1 fully saturated rings. The summed E-state index contributed by atoms with van der Waals surface area (Å²) < 4.78 is 25.5. The zero-order chi connectivity index (χ0) is 17.6. The van der Waals surface area contributed by atoms with Gasteiger partial charge in [-0.3, -0.25) is 19.2 Å². The van der Waals surface area contributed by atoms with Gasteiger partial charge in [-0.2, -0.15) is 0 Å². The summed E-state index contributed by atoms with van der Waals surface area (Å²) in [4.78, 5) is 44.5. The Hall–Kier alpha value is -2.16. The first kappa shape index (κ1) is 18.9. The third kappa shape index (κ3) is 6.64. The minimum Gasteiger partial charge on any atom is -0.463 e. The maximum atomic E-state index is 11.2. The van der Waals surface area contributed by atoms with Crippen molar-refractivity contribution in [3.63, 3.8) is 0 Å². The molecule has 0 aliphatic carbocycles. The first-order valence-electron chi connectivity index (χ1n) is 6.99. The third-order valence-electron chi connectivity index (χ3n) is 2.86. The average molecular weight is 332 g/mol. The predicted octanol–water partition coefficient (Wildman–Crippen LogP) is 0.0910.